The number of nitrogens with one attached hydrogen (secondary N) is 1. The van der Waals surface area contributed by atoms with Gasteiger partial charge in [-0.15, -0.1) is 0 Å². The number of rotatable bonds is 7. The predicted molar refractivity (Wildman–Crippen MR) is 99.8 cm³/mol. The van der Waals surface area contributed by atoms with Crippen LogP contribution in [0.2, 0.25) is 0 Å². The Balaban J connectivity index is 1.51. The molecule has 1 amide bonds. The Kier molecular flexibility index (Phi) is 6.24. The SMILES string of the molecule is CCOc1ccc(OCC(=O)Nc2cc(N3CCCCC3)ncn2)cc1. The van der Waals surface area contributed by atoms with Crippen LogP contribution in [-0.2, 0) is 4.79 Å². The van der Waals surface area contributed by atoms with Gasteiger partial charge in [-0.3, -0.25) is 4.79 Å². The highest BCUT2D eigenvalue weighted by Gasteiger charge is 2.13. The lowest BCUT2D eigenvalue weighted by Crippen LogP contribution is -2.30. The molecule has 1 aromatic carbocycles. The summed E-state index contributed by atoms with van der Waals surface area (Å²) in [6.07, 6.45) is 5.07. The largest absolute Gasteiger partial charge is 0.494 e. The van der Waals surface area contributed by atoms with Crippen molar-refractivity contribution in [3.63, 3.8) is 0 Å². The fraction of sp³-hybridized carbons (Fsp3) is 0.421. The van der Waals surface area contributed by atoms with Crippen molar-refractivity contribution in [3.8, 4) is 11.5 Å². The molecular weight excluding hydrogens is 332 g/mol. The standard InChI is InChI=1S/C19H24N4O3/c1-2-25-15-6-8-16(9-7-15)26-13-19(24)22-17-12-18(21-14-20-17)23-10-4-3-5-11-23/h6-9,12,14H,2-5,10-11,13H2,1H3,(H,20,21,22,24). The molecule has 7 heteroatoms. The first kappa shape index (κ1) is 18.0. The maximum absolute atomic E-state index is 12.1. The molecule has 1 fully saturated rings. The van der Waals surface area contributed by atoms with Gasteiger partial charge in [-0.05, 0) is 50.5 Å². The highest BCUT2D eigenvalue weighted by atomic mass is 16.5. The van der Waals surface area contributed by atoms with Gasteiger partial charge in [0.05, 0.1) is 6.61 Å². The van der Waals surface area contributed by atoms with Crippen molar-refractivity contribution in [1.82, 2.24) is 9.97 Å². The summed E-state index contributed by atoms with van der Waals surface area (Å²) < 4.78 is 10.9. The van der Waals surface area contributed by atoms with Gasteiger partial charge in [0.25, 0.3) is 5.91 Å². The summed E-state index contributed by atoms with van der Waals surface area (Å²) in [6, 6.07) is 8.98. The molecule has 0 atom stereocenters. The Morgan fingerprint density at radius 2 is 1.77 bits per heavy atom. The molecule has 1 aliphatic rings. The molecule has 7 nitrogen and oxygen atoms in total. The minimum absolute atomic E-state index is 0.0863. The van der Waals surface area contributed by atoms with Gasteiger partial charge >= 0.3 is 0 Å². The van der Waals surface area contributed by atoms with E-state index >= 15 is 0 Å². The summed E-state index contributed by atoms with van der Waals surface area (Å²) in [5.41, 5.74) is 0. The molecule has 0 saturated carbocycles. The van der Waals surface area contributed by atoms with Crippen LogP contribution in [0.5, 0.6) is 11.5 Å². The number of benzene rings is 1. The predicted octanol–water partition coefficient (Wildman–Crippen LogP) is 2.88. The molecule has 0 unspecified atom stereocenters. The number of hydrogen-bond donors (Lipinski definition) is 1. The molecule has 26 heavy (non-hydrogen) atoms. The Bertz CT molecular complexity index is 715. The molecule has 0 aliphatic carbocycles. The van der Waals surface area contributed by atoms with Gasteiger partial charge in [0.1, 0.15) is 29.5 Å². The summed E-state index contributed by atoms with van der Waals surface area (Å²) in [4.78, 5) is 22.8. The summed E-state index contributed by atoms with van der Waals surface area (Å²) in [7, 11) is 0. The van der Waals surface area contributed by atoms with E-state index in [-0.39, 0.29) is 12.5 Å². The number of anilines is 2. The maximum Gasteiger partial charge on any atom is 0.263 e. The number of nitrogens with zero attached hydrogens (tertiary/aromatic N) is 3. The van der Waals surface area contributed by atoms with Gasteiger partial charge in [0.15, 0.2) is 6.61 Å². The van der Waals surface area contributed by atoms with E-state index in [0.717, 1.165) is 24.7 Å². The Morgan fingerprint density at radius 1 is 1.08 bits per heavy atom. The molecule has 0 bridgehead atoms. The Hall–Kier alpha value is -2.83. The van der Waals surface area contributed by atoms with Gasteiger partial charge in [0, 0.05) is 19.2 Å². The van der Waals surface area contributed by atoms with Crippen molar-refractivity contribution < 1.29 is 14.3 Å². The highest BCUT2D eigenvalue weighted by Crippen LogP contribution is 2.20. The third-order valence-corrected chi connectivity index (χ3v) is 4.10. The first-order chi connectivity index (χ1) is 12.7. The second-order valence-electron chi connectivity index (χ2n) is 6.05. The third kappa shape index (κ3) is 5.08. The van der Waals surface area contributed by atoms with E-state index in [9.17, 15) is 4.79 Å². The van der Waals surface area contributed by atoms with Gasteiger partial charge in [-0.2, -0.15) is 0 Å². The van der Waals surface area contributed by atoms with Crippen LogP contribution in [0.15, 0.2) is 36.7 Å². The van der Waals surface area contributed by atoms with E-state index in [0.29, 0.717) is 18.2 Å². The lowest BCUT2D eigenvalue weighted by atomic mass is 10.1. The first-order valence-electron chi connectivity index (χ1n) is 8.97. The third-order valence-electron chi connectivity index (χ3n) is 4.10. The molecule has 1 N–H and O–H groups in total. The van der Waals surface area contributed by atoms with Crippen LogP contribution in [0.1, 0.15) is 26.2 Å². The average molecular weight is 356 g/mol. The van der Waals surface area contributed by atoms with Gasteiger partial charge in [-0.1, -0.05) is 0 Å². The average Bonchev–Trinajstić information content (AvgIpc) is 2.69. The van der Waals surface area contributed by atoms with E-state index in [1.807, 2.05) is 19.1 Å². The zero-order valence-corrected chi connectivity index (χ0v) is 15.0. The van der Waals surface area contributed by atoms with E-state index in [2.05, 4.69) is 20.2 Å². The van der Waals surface area contributed by atoms with Crippen LogP contribution in [0.3, 0.4) is 0 Å². The summed E-state index contributed by atoms with van der Waals surface area (Å²) in [6.45, 7) is 4.44. The molecule has 0 radical (unpaired) electrons. The number of amides is 1. The van der Waals surface area contributed by atoms with Crippen molar-refractivity contribution in [1.29, 1.82) is 0 Å². The fourth-order valence-electron chi connectivity index (χ4n) is 2.84. The lowest BCUT2D eigenvalue weighted by Gasteiger charge is -2.27. The van der Waals surface area contributed by atoms with Crippen LogP contribution in [0, 0.1) is 0 Å². The van der Waals surface area contributed by atoms with Crippen molar-refractivity contribution in [2.45, 2.75) is 26.2 Å². The number of carbonyl (C=O) groups is 1. The van der Waals surface area contributed by atoms with E-state index in [1.165, 1.54) is 25.6 Å². The number of ether oxygens (including phenoxy) is 2. The molecule has 138 valence electrons. The van der Waals surface area contributed by atoms with Crippen LogP contribution < -0.4 is 19.7 Å². The van der Waals surface area contributed by atoms with Crippen LogP contribution in [0.25, 0.3) is 0 Å². The summed E-state index contributed by atoms with van der Waals surface area (Å²) in [5, 5.41) is 2.76. The van der Waals surface area contributed by atoms with Crippen molar-refractivity contribution >= 4 is 17.5 Å². The first-order valence-corrected chi connectivity index (χ1v) is 8.97. The molecular formula is C19H24N4O3. The maximum atomic E-state index is 12.1. The molecule has 2 heterocycles. The van der Waals surface area contributed by atoms with E-state index in [1.54, 1.807) is 18.2 Å². The van der Waals surface area contributed by atoms with Crippen LogP contribution in [0.4, 0.5) is 11.6 Å². The Labute approximate surface area is 153 Å². The zero-order chi connectivity index (χ0) is 18.2. The number of aromatic nitrogens is 2. The molecule has 1 aliphatic heterocycles. The minimum Gasteiger partial charge on any atom is -0.494 e. The van der Waals surface area contributed by atoms with Gasteiger partial charge in [0.2, 0.25) is 0 Å². The number of hydrogen-bond acceptors (Lipinski definition) is 6. The molecule has 2 aromatic rings. The quantitative estimate of drug-likeness (QED) is 0.822. The van der Waals surface area contributed by atoms with Crippen molar-refractivity contribution in [3.05, 3.63) is 36.7 Å². The van der Waals surface area contributed by atoms with E-state index in [4.69, 9.17) is 9.47 Å². The lowest BCUT2D eigenvalue weighted by molar-refractivity contribution is -0.118. The minimum atomic E-state index is -0.262. The Morgan fingerprint density at radius 3 is 2.46 bits per heavy atom. The van der Waals surface area contributed by atoms with Crippen LogP contribution in [-0.4, -0.2) is 42.2 Å². The zero-order valence-electron chi connectivity index (χ0n) is 15.0. The van der Waals surface area contributed by atoms with Gasteiger partial charge in [-0.25, -0.2) is 9.97 Å². The summed E-state index contributed by atoms with van der Waals surface area (Å²) >= 11 is 0. The monoisotopic (exact) mass is 356 g/mol. The van der Waals surface area contributed by atoms with Crippen molar-refractivity contribution in [2.24, 2.45) is 0 Å². The number of carbonyl (C=O) groups excluding carboxylic acids is 1. The second-order valence-corrected chi connectivity index (χ2v) is 6.05. The van der Waals surface area contributed by atoms with Crippen LogP contribution >= 0.6 is 0 Å². The highest BCUT2D eigenvalue weighted by molar-refractivity contribution is 5.91. The van der Waals surface area contributed by atoms with Crippen molar-refractivity contribution in [2.75, 3.05) is 36.5 Å². The molecule has 3 rings (SSSR count). The molecule has 1 aromatic heterocycles. The number of piperidine rings is 1. The fourth-order valence-corrected chi connectivity index (χ4v) is 2.84. The molecule has 1 saturated heterocycles. The smallest absolute Gasteiger partial charge is 0.263 e. The normalized spacial score (nSPS) is 14.0. The topological polar surface area (TPSA) is 76.6 Å². The summed E-state index contributed by atoms with van der Waals surface area (Å²) in [5.74, 6) is 2.46. The van der Waals surface area contributed by atoms with Gasteiger partial charge < -0.3 is 19.7 Å². The molecule has 0 spiro atoms. The second kappa shape index (κ2) is 9.03. The van der Waals surface area contributed by atoms with E-state index < -0.39 is 0 Å².